The van der Waals surface area contributed by atoms with Gasteiger partial charge < -0.3 is 0 Å². The minimum Gasteiger partial charge on any atom is -0.291 e. The zero-order valence-electron chi connectivity index (χ0n) is 9.07. The molecule has 0 bridgehead atoms. The number of aromatic amines is 1. The van der Waals surface area contributed by atoms with Gasteiger partial charge in [-0.2, -0.15) is 5.10 Å². The van der Waals surface area contributed by atoms with E-state index in [1.807, 2.05) is 0 Å². The zero-order chi connectivity index (χ0) is 10.7. The topological polar surface area (TPSA) is 58.6 Å². The first kappa shape index (κ1) is 10.3. The first-order chi connectivity index (χ1) is 7.25. The van der Waals surface area contributed by atoms with Gasteiger partial charge in [0.05, 0.1) is 0 Å². The molecule has 2 atom stereocenters. The summed E-state index contributed by atoms with van der Waals surface area (Å²) < 4.78 is 0. The monoisotopic (exact) mass is 207 g/mol. The summed E-state index contributed by atoms with van der Waals surface area (Å²) in [4.78, 5) is 15.6. The van der Waals surface area contributed by atoms with E-state index >= 15 is 0 Å². The summed E-state index contributed by atoms with van der Waals surface area (Å²) >= 11 is 0. The molecule has 0 radical (unpaired) electrons. The average Bonchev–Trinajstić information content (AvgIpc) is 2.70. The standard InChI is InChI=1S/C11H17N3O/c1-8-3-2-4-9(5-8)6-10(15)11-12-7-13-14-11/h7-9H,2-6H2,1H3,(H,12,13,14). The van der Waals surface area contributed by atoms with Crippen LogP contribution < -0.4 is 0 Å². The molecule has 82 valence electrons. The van der Waals surface area contributed by atoms with Gasteiger partial charge in [0.2, 0.25) is 0 Å². The number of carbonyl (C=O) groups excluding carboxylic acids is 1. The number of rotatable bonds is 3. The van der Waals surface area contributed by atoms with Crippen molar-refractivity contribution >= 4 is 5.78 Å². The molecule has 1 aromatic heterocycles. The maximum atomic E-state index is 11.7. The van der Waals surface area contributed by atoms with E-state index in [9.17, 15) is 4.79 Å². The van der Waals surface area contributed by atoms with E-state index in [-0.39, 0.29) is 5.78 Å². The maximum Gasteiger partial charge on any atom is 0.199 e. The molecular weight excluding hydrogens is 190 g/mol. The summed E-state index contributed by atoms with van der Waals surface area (Å²) in [6.45, 7) is 2.27. The van der Waals surface area contributed by atoms with Crippen molar-refractivity contribution in [3.05, 3.63) is 12.2 Å². The van der Waals surface area contributed by atoms with Crippen molar-refractivity contribution in [2.75, 3.05) is 0 Å². The predicted molar refractivity (Wildman–Crippen MR) is 56.5 cm³/mol. The quantitative estimate of drug-likeness (QED) is 0.773. The van der Waals surface area contributed by atoms with Gasteiger partial charge in [-0.3, -0.25) is 9.89 Å². The van der Waals surface area contributed by atoms with Crippen LogP contribution in [-0.2, 0) is 0 Å². The summed E-state index contributed by atoms with van der Waals surface area (Å²) in [6.07, 6.45) is 6.95. The molecule has 1 aromatic rings. The lowest BCUT2D eigenvalue weighted by atomic mass is 9.80. The minimum atomic E-state index is 0.103. The molecule has 0 spiro atoms. The second kappa shape index (κ2) is 4.55. The Morgan fingerprint density at radius 1 is 1.60 bits per heavy atom. The van der Waals surface area contributed by atoms with Crippen molar-refractivity contribution in [1.29, 1.82) is 0 Å². The molecular formula is C11H17N3O. The average molecular weight is 207 g/mol. The van der Waals surface area contributed by atoms with Crippen molar-refractivity contribution in [2.24, 2.45) is 11.8 Å². The lowest BCUT2D eigenvalue weighted by Crippen LogP contribution is -2.17. The fourth-order valence-electron chi connectivity index (χ4n) is 2.44. The van der Waals surface area contributed by atoms with E-state index in [2.05, 4.69) is 22.1 Å². The van der Waals surface area contributed by atoms with E-state index in [0.29, 0.717) is 18.2 Å². The maximum absolute atomic E-state index is 11.7. The molecule has 0 saturated heterocycles. The van der Waals surface area contributed by atoms with Crippen LogP contribution in [0.5, 0.6) is 0 Å². The van der Waals surface area contributed by atoms with Crippen LogP contribution >= 0.6 is 0 Å². The largest absolute Gasteiger partial charge is 0.291 e. The molecule has 1 N–H and O–H groups in total. The van der Waals surface area contributed by atoms with Crippen molar-refractivity contribution in [2.45, 2.75) is 39.0 Å². The molecule has 1 heterocycles. The lowest BCUT2D eigenvalue weighted by Gasteiger charge is -2.25. The van der Waals surface area contributed by atoms with Gasteiger partial charge in [-0.1, -0.05) is 19.8 Å². The Bertz CT molecular complexity index is 321. The Labute approximate surface area is 89.5 Å². The molecule has 2 unspecified atom stereocenters. The number of H-pyrrole nitrogens is 1. The summed E-state index contributed by atoms with van der Waals surface area (Å²) in [5, 5.41) is 6.32. The number of nitrogens with one attached hydrogen (secondary N) is 1. The van der Waals surface area contributed by atoms with Crippen LogP contribution in [0.1, 0.15) is 49.6 Å². The van der Waals surface area contributed by atoms with E-state index in [1.54, 1.807) is 0 Å². The molecule has 0 amide bonds. The third-order valence-electron chi connectivity index (χ3n) is 3.20. The Hall–Kier alpha value is -1.19. The Morgan fingerprint density at radius 3 is 3.13 bits per heavy atom. The molecule has 1 aliphatic carbocycles. The highest BCUT2D eigenvalue weighted by atomic mass is 16.1. The molecule has 1 saturated carbocycles. The fourth-order valence-corrected chi connectivity index (χ4v) is 2.44. The summed E-state index contributed by atoms with van der Waals surface area (Å²) in [6, 6.07) is 0. The van der Waals surface area contributed by atoms with Crippen LogP contribution in [0.2, 0.25) is 0 Å². The number of carbonyl (C=O) groups is 1. The Balaban J connectivity index is 1.89. The number of aromatic nitrogens is 3. The first-order valence-corrected chi connectivity index (χ1v) is 5.64. The molecule has 0 aliphatic heterocycles. The SMILES string of the molecule is CC1CCCC(CC(=O)c2ncn[nH]2)C1. The summed E-state index contributed by atoms with van der Waals surface area (Å²) in [5.74, 6) is 1.83. The third-order valence-corrected chi connectivity index (χ3v) is 3.20. The second-order valence-corrected chi connectivity index (χ2v) is 4.60. The molecule has 4 nitrogen and oxygen atoms in total. The van der Waals surface area contributed by atoms with Crippen LogP contribution in [0.25, 0.3) is 0 Å². The highest BCUT2D eigenvalue weighted by Crippen LogP contribution is 2.31. The van der Waals surface area contributed by atoms with Crippen molar-refractivity contribution < 1.29 is 4.79 Å². The van der Waals surface area contributed by atoms with Gasteiger partial charge in [-0.15, -0.1) is 0 Å². The predicted octanol–water partition coefficient (Wildman–Crippen LogP) is 2.20. The second-order valence-electron chi connectivity index (χ2n) is 4.60. The number of Topliss-reactive ketones (excluding diaryl/α,β-unsaturated/α-hetero) is 1. The summed E-state index contributed by atoms with van der Waals surface area (Å²) in [7, 11) is 0. The Kier molecular flexibility index (Phi) is 3.14. The number of nitrogens with zero attached hydrogens (tertiary/aromatic N) is 2. The van der Waals surface area contributed by atoms with Crippen molar-refractivity contribution in [3.63, 3.8) is 0 Å². The van der Waals surface area contributed by atoms with Gasteiger partial charge in [0, 0.05) is 6.42 Å². The fraction of sp³-hybridized carbons (Fsp3) is 0.727. The molecule has 1 aliphatic rings. The number of hydrogen-bond donors (Lipinski definition) is 1. The van der Waals surface area contributed by atoms with E-state index in [0.717, 1.165) is 5.92 Å². The molecule has 1 fully saturated rings. The van der Waals surface area contributed by atoms with Gasteiger partial charge >= 0.3 is 0 Å². The number of hydrogen-bond acceptors (Lipinski definition) is 3. The van der Waals surface area contributed by atoms with Gasteiger partial charge in [0.1, 0.15) is 6.33 Å². The highest BCUT2D eigenvalue weighted by molar-refractivity contribution is 5.92. The summed E-state index contributed by atoms with van der Waals surface area (Å²) in [5.41, 5.74) is 0. The minimum absolute atomic E-state index is 0.103. The molecule has 15 heavy (non-hydrogen) atoms. The van der Waals surface area contributed by atoms with Gasteiger partial charge in [0.15, 0.2) is 11.6 Å². The van der Waals surface area contributed by atoms with E-state index < -0.39 is 0 Å². The van der Waals surface area contributed by atoms with Crippen LogP contribution in [-0.4, -0.2) is 21.0 Å². The van der Waals surface area contributed by atoms with Crippen LogP contribution in [0.3, 0.4) is 0 Å². The van der Waals surface area contributed by atoms with Gasteiger partial charge in [-0.05, 0) is 24.7 Å². The lowest BCUT2D eigenvalue weighted by molar-refractivity contribution is 0.0932. The molecule has 4 heteroatoms. The molecule has 0 aromatic carbocycles. The van der Waals surface area contributed by atoms with E-state index in [1.165, 1.54) is 32.0 Å². The Morgan fingerprint density at radius 2 is 2.47 bits per heavy atom. The zero-order valence-corrected chi connectivity index (χ0v) is 9.07. The molecule has 2 rings (SSSR count). The van der Waals surface area contributed by atoms with Gasteiger partial charge in [-0.25, -0.2) is 4.98 Å². The van der Waals surface area contributed by atoms with Crippen LogP contribution in [0.15, 0.2) is 6.33 Å². The van der Waals surface area contributed by atoms with Crippen LogP contribution in [0.4, 0.5) is 0 Å². The normalized spacial score (nSPS) is 26.5. The van der Waals surface area contributed by atoms with Crippen molar-refractivity contribution in [3.8, 4) is 0 Å². The van der Waals surface area contributed by atoms with Crippen LogP contribution in [0, 0.1) is 11.8 Å². The highest BCUT2D eigenvalue weighted by Gasteiger charge is 2.22. The van der Waals surface area contributed by atoms with Gasteiger partial charge in [0.25, 0.3) is 0 Å². The van der Waals surface area contributed by atoms with Crippen molar-refractivity contribution in [1.82, 2.24) is 15.2 Å². The van der Waals surface area contributed by atoms with E-state index in [4.69, 9.17) is 0 Å². The first-order valence-electron chi connectivity index (χ1n) is 5.64. The number of ketones is 1. The smallest absolute Gasteiger partial charge is 0.199 e. The third kappa shape index (κ3) is 2.64.